The van der Waals surface area contributed by atoms with Crippen molar-refractivity contribution in [1.82, 2.24) is 4.98 Å². The molecule has 0 radical (unpaired) electrons. The van der Waals surface area contributed by atoms with Gasteiger partial charge in [-0.25, -0.2) is 4.98 Å². The van der Waals surface area contributed by atoms with E-state index in [0.717, 1.165) is 26.1 Å². The molecule has 0 spiro atoms. The number of amides is 1. The topological polar surface area (TPSA) is 51.2 Å². The van der Waals surface area contributed by atoms with Gasteiger partial charge in [0.15, 0.2) is 5.13 Å². The summed E-state index contributed by atoms with van der Waals surface area (Å²) in [5.41, 5.74) is 0.818. The minimum absolute atomic E-state index is 0.243. The van der Waals surface area contributed by atoms with Crippen LogP contribution in [-0.4, -0.2) is 18.0 Å². The molecule has 2 aromatic heterocycles. The second-order valence-electron chi connectivity index (χ2n) is 5.05. The molecule has 0 saturated carbocycles. The summed E-state index contributed by atoms with van der Waals surface area (Å²) in [4.78, 5) is 17.5. The van der Waals surface area contributed by atoms with Crippen LogP contribution in [0.2, 0.25) is 5.02 Å². The number of methoxy groups -OCH3 is 1. The van der Waals surface area contributed by atoms with Crippen molar-refractivity contribution in [2.45, 2.75) is 0 Å². The van der Waals surface area contributed by atoms with Gasteiger partial charge in [0.25, 0.3) is 5.91 Å². The minimum atomic E-state index is -0.243. The number of carbonyl (C=O) groups excluding carboxylic acids is 1. The summed E-state index contributed by atoms with van der Waals surface area (Å²) in [6, 6.07) is 13.3. The van der Waals surface area contributed by atoms with Gasteiger partial charge in [0.05, 0.1) is 22.3 Å². The highest BCUT2D eigenvalue weighted by Gasteiger charge is 2.18. The molecule has 0 atom stereocenters. The number of aromatic nitrogens is 1. The fourth-order valence-corrected chi connectivity index (χ4v) is 4.70. The van der Waals surface area contributed by atoms with Crippen LogP contribution in [0.5, 0.6) is 5.75 Å². The molecule has 120 valence electrons. The van der Waals surface area contributed by atoms with Crippen molar-refractivity contribution in [3.05, 3.63) is 52.4 Å². The standard InChI is InChI=1S/C17H11ClN2O2S2/c1-22-9-6-7-11-13(8-9)24-17(19-11)20-16(21)15-14(18)10-4-2-3-5-12(10)23-15/h2-8H,1H3,(H,19,20,21). The van der Waals surface area contributed by atoms with E-state index in [9.17, 15) is 4.79 Å². The molecule has 0 saturated heterocycles. The molecule has 7 heteroatoms. The molecule has 1 N–H and O–H groups in total. The van der Waals surface area contributed by atoms with Crippen molar-refractivity contribution in [1.29, 1.82) is 0 Å². The van der Waals surface area contributed by atoms with Gasteiger partial charge < -0.3 is 4.74 Å². The number of rotatable bonds is 3. The van der Waals surface area contributed by atoms with Crippen molar-refractivity contribution >= 4 is 65.6 Å². The Morgan fingerprint density at radius 2 is 2.00 bits per heavy atom. The van der Waals surface area contributed by atoms with Crippen LogP contribution in [0, 0.1) is 0 Å². The maximum Gasteiger partial charge on any atom is 0.269 e. The van der Waals surface area contributed by atoms with E-state index in [-0.39, 0.29) is 5.91 Å². The molecule has 2 aromatic carbocycles. The number of benzene rings is 2. The molecule has 0 aliphatic heterocycles. The fraction of sp³-hybridized carbons (Fsp3) is 0.0588. The summed E-state index contributed by atoms with van der Waals surface area (Å²) >= 11 is 9.13. The van der Waals surface area contributed by atoms with Crippen LogP contribution in [0.1, 0.15) is 9.67 Å². The van der Waals surface area contributed by atoms with E-state index in [2.05, 4.69) is 10.3 Å². The van der Waals surface area contributed by atoms with Crippen molar-refractivity contribution < 1.29 is 9.53 Å². The first-order valence-corrected chi connectivity index (χ1v) is 9.10. The summed E-state index contributed by atoms with van der Waals surface area (Å²) in [6.45, 7) is 0. The van der Waals surface area contributed by atoms with Gasteiger partial charge in [0.2, 0.25) is 0 Å². The predicted octanol–water partition coefficient (Wildman–Crippen LogP) is 5.43. The number of fused-ring (bicyclic) bond motifs is 2. The Bertz CT molecular complexity index is 1070. The van der Waals surface area contributed by atoms with Crippen LogP contribution >= 0.6 is 34.3 Å². The molecule has 4 rings (SSSR count). The second-order valence-corrected chi connectivity index (χ2v) is 7.51. The Hall–Kier alpha value is -2.15. The second kappa shape index (κ2) is 6.05. The summed E-state index contributed by atoms with van der Waals surface area (Å²) in [5.74, 6) is 0.517. The fourth-order valence-electron chi connectivity index (χ4n) is 2.40. The minimum Gasteiger partial charge on any atom is -0.497 e. The summed E-state index contributed by atoms with van der Waals surface area (Å²) in [6.07, 6.45) is 0. The van der Waals surface area contributed by atoms with E-state index >= 15 is 0 Å². The maximum atomic E-state index is 12.6. The van der Waals surface area contributed by atoms with Crippen LogP contribution in [-0.2, 0) is 0 Å². The highest BCUT2D eigenvalue weighted by atomic mass is 35.5. The molecule has 0 fully saturated rings. The average Bonchev–Trinajstić information content (AvgIpc) is 3.15. The number of thiophene rings is 1. The Labute approximate surface area is 150 Å². The third-order valence-electron chi connectivity index (χ3n) is 3.56. The molecule has 0 aliphatic carbocycles. The smallest absolute Gasteiger partial charge is 0.269 e. The van der Waals surface area contributed by atoms with E-state index in [0.29, 0.717) is 15.0 Å². The number of hydrogen-bond donors (Lipinski definition) is 1. The summed E-state index contributed by atoms with van der Waals surface area (Å²) in [5, 5.41) is 4.75. The number of nitrogens with one attached hydrogen (secondary N) is 1. The van der Waals surface area contributed by atoms with E-state index in [1.165, 1.54) is 22.7 Å². The lowest BCUT2D eigenvalue weighted by molar-refractivity contribution is 0.103. The highest BCUT2D eigenvalue weighted by molar-refractivity contribution is 7.23. The third-order valence-corrected chi connectivity index (χ3v) is 6.16. The molecular formula is C17H11ClN2O2S2. The van der Waals surface area contributed by atoms with Crippen molar-refractivity contribution in [3.63, 3.8) is 0 Å². The first-order chi connectivity index (χ1) is 11.7. The van der Waals surface area contributed by atoms with Crippen LogP contribution in [0.15, 0.2) is 42.5 Å². The lowest BCUT2D eigenvalue weighted by Crippen LogP contribution is -2.10. The molecular weight excluding hydrogens is 364 g/mol. The SMILES string of the molecule is COc1ccc2nc(NC(=O)c3sc4ccccc4c3Cl)sc2c1. The van der Waals surface area contributed by atoms with E-state index in [4.69, 9.17) is 16.3 Å². The van der Waals surface area contributed by atoms with Gasteiger partial charge in [-0.3, -0.25) is 10.1 Å². The molecule has 0 unspecified atom stereocenters. The van der Waals surface area contributed by atoms with Gasteiger partial charge in [0.1, 0.15) is 10.6 Å². The average molecular weight is 375 g/mol. The molecule has 2 heterocycles. The Balaban J connectivity index is 1.66. The Kier molecular flexibility index (Phi) is 3.88. The van der Waals surface area contributed by atoms with Crippen LogP contribution < -0.4 is 10.1 Å². The van der Waals surface area contributed by atoms with Gasteiger partial charge in [-0.2, -0.15) is 0 Å². The van der Waals surface area contributed by atoms with E-state index in [1.54, 1.807) is 7.11 Å². The number of anilines is 1. The van der Waals surface area contributed by atoms with Crippen LogP contribution in [0.4, 0.5) is 5.13 Å². The van der Waals surface area contributed by atoms with Gasteiger partial charge in [-0.1, -0.05) is 41.1 Å². The van der Waals surface area contributed by atoms with Crippen LogP contribution in [0.3, 0.4) is 0 Å². The largest absolute Gasteiger partial charge is 0.497 e. The first-order valence-electron chi connectivity index (χ1n) is 7.08. The maximum absolute atomic E-state index is 12.6. The summed E-state index contributed by atoms with van der Waals surface area (Å²) < 4.78 is 7.15. The number of halogens is 1. The Morgan fingerprint density at radius 1 is 1.17 bits per heavy atom. The number of ether oxygens (including phenoxy) is 1. The number of nitrogens with zero attached hydrogens (tertiary/aromatic N) is 1. The molecule has 24 heavy (non-hydrogen) atoms. The zero-order valence-electron chi connectivity index (χ0n) is 12.5. The zero-order valence-corrected chi connectivity index (χ0v) is 14.9. The monoisotopic (exact) mass is 374 g/mol. The lowest BCUT2D eigenvalue weighted by atomic mass is 10.2. The summed E-state index contributed by atoms with van der Waals surface area (Å²) in [7, 11) is 1.62. The Morgan fingerprint density at radius 3 is 2.79 bits per heavy atom. The van der Waals surface area contributed by atoms with Crippen molar-refractivity contribution in [2.24, 2.45) is 0 Å². The third kappa shape index (κ3) is 2.62. The number of carbonyl (C=O) groups is 1. The van der Waals surface area contributed by atoms with Gasteiger partial charge in [0, 0.05) is 10.1 Å². The van der Waals surface area contributed by atoms with Crippen LogP contribution in [0.25, 0.3) is 20.3 Å². The number of thiazole rings is 1. The molecule has 4 nitrogen and oxygen atoms in total. The number of hydrogen-bond acceptors (Lipinski definition) is 5. The van der Waals surface area contributed by atoms with E-state index < -0.39 is 0 Å². The highest BCUT2D eigenvalue weighted by Crippen LogP contribution is 2.36. The molecule has 4 aromatic rings. The first kappa shape index (κ1) is 15.4. The van der Waals surface area contributed by atoms with Crippen molar-refractivity contribution in [3.8, 4) is 5.75 Å². The predicted molar refractivity (Wildman–Crippen MR) is 101 cm³/mol. The molecule has 0 aliphatic rings. The van der Waals surface area contributed by atoms with Gasteiger partial charge >= 0.3 is 0 Å². The normalized spacial score (nSPS) is 11.1. The molecule has 1 amide bonds. The van der Waals surface area contributed by atoms with Crippen molar-refractivity contribution in [2.75, 3.05) is 12.4 Å². The zero-order chi connectivity index (χ0) is 16.7. The van der Waals surface area contributed by atoms with Gasteiger partial charge in [-0.15, -0.1) is 11.3 Å². The lowest BCUT2D eigenvalue weighted by Gasteiger charge is -1.98. The molecule has 0 bridgehead atoms. The van der Waals surface area contributed by atoms with E-state index in [1.807, 2.05) is 42.5 Å². The van der Waals surface area contributed by atoms with Gasteiger partial charge in [-0.05, 0) is 24.3 Å². The quantitative estimate of drug-likeness (QED) is 0.520.